The number of anilines is 2. The number of nitrogens with one attached hydrogen (secondary N) is 5. The van der Waals surface area contributed by atoms with Crippen LogP contribution in [0.25, 0.3) is 0 Å². The van der Waals surface area contributed by atoms with Gasteiger partial charge in [0.15, 0.2) is 0 Å². The Labute approximate surface area is 209 Å². The molecule has 2 rings (SSSR count). The summed E-state index contributed by atoms with van der Waals surface area (Å²) in [7, 11) is -0.693. The molecule has 0 bridgehead atoms. The van der Waals surface area contributed by atoms with E-state index in [0.29, 0.717) is 12.2 Å². The van der Waals surface area contributed by atoms with E-state index in [4.69, 9.17) is 10.3 Å². The minimum absolute atomic E-state index is 0.191. The van der Waals surface area contributed by atoms with Crippen LogP contribution in [-0.2, 0) is 16.1 Å². The molecule has 0 aromatic heterocycles. The van der Waals surface area contributed by atoms with Crippen LogP contribution in [0.15, 0.2) is 48.5 Å². The number of hydrazine groups is 2. The van der Waals surface area contributed by atoms with Crippen molar-refractivity contribution in [1.82, 2.24) is 16.1 Å². The van der Waals surface area contributed by atoms with Crippen molar-refractivity contribution in [2.75, 3.05) is 10.9 Å². The van der Waals surface area contributed by atoms with Gasteiger partial charge in [0.2, 0.25) is 0 Å². The Hall–Kier alpha value is -3.97. The van der Waals surface area contributed by atoms with E-state index in [1.54, 1.807) is 30.4 Å². The average molecular weight is 534 g/mol. The van der Waals surface area contributed by atoms with Crippen LogP contribution in [0.1, 0.15) is 25.0 Å². The van der Waals surface area contributed by atoms with Crippen LogP contribution in [0, 0.1) is 11.3 Å². The summed E-state index contributed by atoms with van der Waals surface area (Å²) in [4.78, 5) is 21.0. The van der Waals surface area contributed by atoms with E-state index >= 15 is 0 Å². The van der Waals surface area contributed by atoms with Gasteiger partial charge in [-0.2, -0.15) is 31.6 Å². The first-order chi connectivity index (χ1) is 17.2. The highest BCUT2D eigenvalue weighted by molar-refractivity contribution is 6.45. The van der Waals surface area contributed by atoms with Crippen molar-refractivity contribution in [3.63, 3.8) is 0 Å². The van der Waals surface area contributed by atoms with Gasteiger partial charge in [0.05, 0.1) is 23.0 Å². The van der Waals surface area contributed by atoms with Gasteiger partial charge in [-0.05, 0) is 42.7 Å². The standard InChI is InChI=1S/C10H13BF3N3O2.C9H6F3N3O.C2H6/c1-11(19)15-6-7-3-2-4-8(5-7)16-17-9(18)10(12,13)14;10-9(11,12)8(16)15-14-7-3-1-2-6(4-7)5-13;1-2/h2-5,15-16,19H,6H2,1H3,(H,17,18);1-4,14H,(H,15,16);1-2H3. The molecule has 6 N–H and O–H groups in total. The summed E-state index contributed by atoms with van der Waals surface area (Å²) < 4.78 is 71.2. The fourth-order valence-corrected chi connectivity index (χ4v) is 2.09. The third kappa shape index (κ3) is 14.2. The number of halogens is 6. The summed E-state index contributed by atoms with van der Waals surface area (Å²) in [5, 5.41) is 20.3. The first-order valence-electron chi connectivity index (χ1n) is 10.5. The summed E-state index contributed by atoms with van der Waals surface area (Å²) in [6.07, 6.45) is -9.88. The average Bonchev–Trinajstić information content (AvgIpc) is 2.85. The lowest BCUT2D eigenvalue weighted by Gasteiger charge is -2.11. The van der Waals surface area contributed by atoms with Crippen LogP contribution in [0.4, 0.5) is 37.7 Å². The molecule has 0 radical (unpaired) electrons. The maximum atomic E-state index is 12.0. The molecule has 0 saturated heterocycles. The fourth-order valence-electron chi connectivity index (χ4n) is 2.09. The maximum Gasteiger partial charge on any atom is 0.472 e. The number of hydrogen-bond acceptors (Lipinski definition) is 7. The van der Waals surface area contributed by atoms with Gasteiger partial charge < -0.3 is 10.3 Å². The number of carbonyl (C=O) groups is 2. The number of carbonyl (C=O) groups excluding carboxylic acids is 2. The van der Waals surface area contributed by atoms with Crippen LogP contribution in [0.5, 0.6) is 0 Å². The van der Waals surface area contributed by atoms with Crippen molar-refractivity contribution in [3.05, 3.63) is 59.7 Å². The topological polar surface area (TPSA) is 138 Å². The van der Waals surface area contributed by atoms with Gasteiger partial charge >= 0.3 is 31.2 Å². The molecule has 9 nitrogen and oxygen atoms in total. The quantitative estimate of drug-likeness (QED) is 0.182. The molecule has 16 heteroatoms. The largest absolute Gasteiger partial charge is 0.472 e. The second-order valence-electron chi connectivity index (χ2n) is 6.60. The lowest BCUT2D eigenvalue weighted by Crippen LogP contribution is -2.40. The van der Waals surface area contributed by atoms with Crippen molar-refractivity contribution in [1.29, 1.82) is 5.26 Å². The number of nitriles is 1. The number of alkyl halides is 6. The van der Waals surface area contributed by atoms with E-state index in [1.807, 2.05) is 19.9 Å². The Bertz CT molecular complexity index is 1040. The Morgan fingerprint density at radius 1 is 0.892 bits per heavy atom. The molecule has 0 aliphatic carbocycles. The Morgan fingerprint density at radius 3 is 1.78 bits per heavy atom. The van der Waals surface area contributed by atoms with Gasteiger partial charge in [0, 0.05) is 6.54 Å². The van der Waals surface area contributed by atoms with E-state index in [1.165, 1.54) is 35.8 Å². The molecule has 202 valence electrons. The smallest absolute Gasteiger partial charge is 0.437 e. The van der Waals surface area contributed by atoms with E-state index in [0.717, 1.165) is 5.56 Å². The number of rotatable bonds is 7. The van der Waals surface area contributed by atoms with Crippen LogP contribution in [0.3, 0.4) is 0 Å². The first-order valence-corrected chi connectivity index (χ1v) is 10.5. The predicted octanol–water partition coefficient (Wildman–Crippen LogP) is 3.48. The number of amides is 2. The van der Waals surface area contributed by atoms with Gasteiger partial charge in [-0.25, -0.2) is 0 Å². The van der Waals surface area contributed by atoms with Crippen LogP contribution in [-0.4, -0.2) is 36.2 Å². The summed E-state index contributed by atoms with van der Waals surface area (Å²) in [6.45, 7) is 5.89. The zero-order valence-corrected chi connectivity index (χ0v) is 19.9. The molecule has 0 unspecified atom stereocenters. The molecule has 0 aliphatic rings. The summed E-state index contributed by atoms with van der Waals surface area (Å²) in [5.74, 6) is -4.17. The fraction of sp³-hybridized carbons (Fsp3) is 0.286. The van der Waals surface area contributed by atoms with E-state index in [9.17, 15) is 35.9 Å². The summed E-state index contributed by atoms with van der Waals surface area (Å²) >= 11 is 0. The maximum absolute atomic E-state index is 12.0. The third-order valence-electron chi connectivity index (χ3n) is 3.68. The molecule has 2 amide bonds. The van der Waals surface area contributed by atoms with Crippen molar-refractivity contribution in [2.24, 2.45) is 0 Å². The highest BCUT2D eigenvalue weighted by atomic mass is 19.4. The van der Waals surface area contributed by atoms with Crippen LogP contribution in [0.2, 0.25) is 6.82 Å². The summed E-state index contributed by atoms with van der Waals surface area (Å²) in [5.41, 5.74) is 8.75. The first kappa shape index (κ1) is 33.0. The highest BCUT2D eigenvalue weighted by Crippen LogP contribution is 2.16. The number of hydrogen-bond donors (Lipinski definition) is 6. The minimum atomic E-state index is -4.94. The molecule has 0 heterocycles. The van der Waals surface area contributed by atoms with E-state index < -0.39 is 31.2 Å². The third-order valence-corrected chi connectivity index (χ3v) is 3.68. The van der Waals surface area contributed by atoms with E-state index in [-0.39, 0.29) is 11.3 Å². The second kappa shape index (κ2) is 15.9. The number of nitrogens with zero attached hydrogens (tertiary/aromatic N) is 1. The Kier molecular flexibility index (Phi) is 14.2. The van der Waals surface area contributed by atoms with Crippen molar-refractivity contribution in [3.8, 4) is 6.07 Å². The van der Waals surface area contributed by atoms with Crippen LogP contribution >= 0.6 is 0 Å². The van der Waals surface area contributed by atoms with Gasteiger partial charge in [0.25, 0.3) is 0 Å². The molecule has 0 atom stereocenters. The molecular formula is C21H25BF6N6O3. The SMILES string of the molecule is CB(O)NCc1cccc(NNC(=O)C(F)(F)F)c1.CC.N#Cc1cccc(NNC(=O)C(F)(F)F)c1. The normalized spacial score (nSPS) is 10.3. The molecule has 0 fully saturated rings. The molecule has 2 aromatic rings. The molecule has 37 heavy (non-hydrogen) atoms. The minimum Gasteiger partial charge on any atom is -0.437 e. The lowest BCUT2D eigenvalue weighted by molar-refractivity contribution is -0.173. The van der Waals surface area contributed by atoms with Gasteiger partial charge in [-0.15, -0.1) is 0 Å². The van der Waals surface area contributed by atoms with Gasteiger partial charge in [-0.1, -0.05) is 32.0 Å². The molecular weight excluding hydrogens is 509 g/mol. The van der Waals surface area contributed by atoms with Crippen molar-refractivity contribution in [2.45, 2.75) is 39.6 Å². The molecule has 2 aromatic carbocycles. The van der Waals surface area contributed by atoms with Crippen LogP contribution < -0.4 is 26.9 Å². The van der Waals surface area contributed by atoms with E-state index in [2.05, 4.69) is 16.1 Å². The van der Waals surface area contributed by atoms with Crippen molar-refractivity contribution < 1.29 is 41.0 Å². The van der Waals surface area contributed by atoms with Gasteiger partial charge in [-0.3, -0.25) is 31.3 Å². The molecule has 0 spiro atoms. The second-order valence-corrected chi connectivity index (χ2v) is 6.60. The van der Waals surface area contributed by atoms with Gasteiger partial charge in [0.1, 0.15) is 0 Å². The monoisotopic (exact) mass is 534 g/mol. The Morgan fingerprint density at radius 2 is 1.35 bits per heavy atom. The summed E-state index contributed by atoms with van der Waals surface area (Å²) in [6, 6.07) is 13.9. The lowest BCUT2D eigenvalue weighted by atomic mass is 9.88. The molecule has 0 aliphatic heterocycles. The van der Waals surface area contributed by atoms with Crippen molar-refractivity contribution >= 4 is 30.2 Å². The highest BCUT2D eigenvalue weighted by Gasteiger charge is 2.39. The zero-order chi connectivity index (χ0) is 28.6. The predicted molar refractivity (Wildman–Crippen MR) is 125 cm³/mol. The zero-order valence-electron chi connectivity index (χ0n) is 19.9. The number of benzene rings is 2. The Balaban J connectivity index is 0.000000665. The molecule has 0 saturated carbocycles.